The summed E-state index contributed by atoms with van der Waals surface area (Å²) in [6.07, 6.45) is 0. The molecular weight excluding hydrogens is 312 g/mol. The molecular formula is C15H13F2NO3S. The van der Waals surface area contributed by atoms with E-state index in [9.17, 15) is 22.0 Å². The third-order valence-electron chi connectivity index (χ3n) is 2.91. The number of aryl methyl sites for hydroxylation is 1. The Morgan fingerprint density at radius 1 is 1.09 bits per heavy atom. The largest absolute Gasteiger partial charge is 0.323 e. The van der Waals surface area contributed by atoms with E-state index in [0.29, 0.717) is 6.07 Å². The van der Waals surface area contributed by atoms with E-state index in [-0.39, 0.29) is 10.6 Å². The number of anilines is 1. The van der Waals surface area contributed by atoms with Crippen LogP contribution in [0.1, 0.15) is 5.56 Å². The lowest BCUT2D eigenvalue weighted by Gasteiger charge is -2.07. The Morgan fingerprint density at radius 3 is 2.32 bits per heavy atom. The van der Waals surface area contributed by atoms with Crippen molar-refractivity contribution < 1.29 is 22.0 Å². The molecule has 4 nitrogen and oxygen atoms in total. The van der Waals surface area contributed by atoms with Gasteiger partial charge in [-0.3, -0.25) is 4.79 Å². The lowest BCUT2D eigenvalue weighted by atomic mass is 10.2. The molecule has 0 aliphatic rings. The van der Waals surface area contributed by atoms with Gasteiger partial charge in [0.05, 0.1) is 10.6 Å². The van der Waals surface area contributed by atoms with Crippen molar-refractivity contribution in [1.82, 2.24) is 0 Å². The summed E-state index contributed by atoms with van der Waals surface area (Å²) in [6.45, 7) is 1.81. The summed E-state index contributed by atoms with van der Waals surface area (Å²) in [5, 5.41) is 2.11. The monoisotopic (exact) mass is 325 g/mol. The molecule has 0 fully saturated rings. The van der Waals surface area contributed by atoms with Crippen LogP contribution in [-0.2, 0) is 14.6 Å². The van der Waals surface area contributed by atoms with E-state index in [4.69, 9.17) is 0 Å². The Morgan fingerprint density at radius 2 is 1.73 bits per heavy atom. The summed E-state index contributed by atoms with van der Waals surface area (Å²) in [5.41, 5.74) is 0.613. The number of amides is 1. The van der Waals surface area contributed by atoms with Gasteiger partial charge in [-0.05, 0) is 31.2 Å². The van der Waals surface area contributed by atoms with Crippen LogP contribution in [0, 0.1) is 18.6 Å². The molecule has 0 radical (unpaired) electrons. The van der Waals surface area contributed by atoms with Gasteiger partial charge in [-0.1, -0.05) is 17.7 Å². The Labute approximate surface area is 126 Å². The van der Waals surface area contributed by atoms with Gasteiger partial charge in [0.25, 0.3) is 0 Å². The van der Waals surface area contributed by atoms with Gasteiger partial charge < -0.3 is 5.32 Å². The van der Waals surface area contributed by atoms with Crippen molar-refractivity contribution in [3.63, 3.8) is 0 Å². The molecule has 2 rings (SSSR count). The highest BCUT2D eigenvalue weighted by atomic mass is 32.2. The van der Waals surface area contributed by atoms with Crippen LogP contribution >= 0.6 is 0 Å². The SMILES string of the molecule is Cc1ccc(S(=O)(=O)CC(=O)Nc2ccc(F)cc2F)cc1. The van der Waals surface area contributed by atoms with Gasteiger partial charge >= 0.3 is 0 Å². The van der Waals surface area contributed by atoms with Crippen molar-refractivity contribution >= 4 is 21.4 Å². The number of hydrogen-bond acceptors (Lipinski definition) is 3. The minimum atomic E-state index is -3.83. The lowest BCUT2D eigenvalue weighted by molar-refractivity contribution is -0.113. The fourth-order valence-electron chi connectivity index (χ4n) is 1.78. The fourth-order valence-corrected chi connectivity index (χ4v) is 2.91. The van der Waals surface area contributed by atoms with Crippen LogP contribution in [0.25, 0.3) is 0 Å². The molecule has 0 bridgehead atoms. The molecule has 0 heterocycles. The van der Waals surface area contributed by atoms with E-state index < -0.39 is 33.1 Å². The van der Waals surface area contributed by atoms with Crippen LogP contribution in [0.5, 0.6) is 0 Å². The Balaban J connectivity index is 2.12. The van der Waals surface area contributed by atoms with E-state index in [1.807, 2.05) is 0 Å². The topological polar surface area (TPSA) is 63.2 Å². The zero-order chi connectivity index (χ0) is 16.3. The summed E-state index contributed by atoms with van der Waals surface area (Å²) >= 11 is 0. The van der Waals surface area contributed by atoms with E-state index in [1.54, 1.807) is 19.1 Å². The summed E-state index contributed by atoms with van der Waals surface area (Å²) in [7, 11) is -3.83. The van der Waals surface area contributed by atoms with Gasteiger partial charge in [0, 0.05) is 6.07 Å². The summed E-state index contributed by atoms with van der Waals surface area (Å²) in [5.74, 6) is -3.48. The van der Waals surface area contributed by atoms with Crippen molar-refractivity contribution in [3.05, 3.63) is 59.7 Å². The molecule has 0 aliphatic heterocycles. The van der Waals surface area contributed by atoms with Crippen molar-refractivity contribution in [1.29, 1.82) is 0 Å². The van der Waals surface area contributed by atoms with Crippen LogP contribution in [0.2, 0.25) is 0 Å². The molecule has 116 valence electrons. The van der Waals surface area contributed by atoms with Crippen molar-refractivity contribution in [2.24, 2.45) is 0 Å². The number of sulfone groups is 1. The molecule has 0 saturated heterocycles. The van der Waals surface area contributed by atoms with Gasteiger partial charge in [-0.2, -0.15) is 0 Å². The first-order valence-corrected chi connectivity index (χ1v) is 7.97. The molecule has 1 amide bonds. The molecule has 0 saturated carbocycles. The molecule has 0 unspecified atom stereocenters. The molecule has 0 aliphatic carbocycles. The number of rotatable bonds is 4. The Hall–Kier alpha value is -2.28. The Kier molecular flexibility index (Phi) is 4.56. The zero-order valence-electron chi connectivity index (χ0n) is 11.6. The fraction of sp³-hybridized carbons (Fsp3) is 0.133. The van der Waals surface area contributed by atoms with Gasteiger partial charge in [-0.15, -0.1) is 0 Å². The maximum absolute atomic E-state index is 13.4. The molecule has 1 N–H and O–H groups in total. The third-order valence-corrected chi connectivity index (χ3v) is 4.54. The molecule has 22 heavy (non-hydrogen) atoms. The average Bonchev–Trinajstić information content (AvgIpc) is 2.42. The van der Waals surface area contributed by atoms with Crippen LogP contribution in [0.4, 0.5) is 14.5 Å². The van der Waals surface area contributed by atoms with E-state index in [0.717, 1.165) is 17.7 Å². The normalized spacial score (nSPS) is 11.2. The van der Waals surface area contributed by atoms with Crippen molar-refractivity contribution in [2.75, 3.05) is 11.1 Å². The molecule has 7 heteroatoms. The van der Waals surface area contributed by atoms with Crippen molar-refractivity contribution in [2.45, 2.75) is 11.8 Å². The quantitative estimate of drug-likeness (QED) is 0.940. The first kappa shape index (κ1) is 16.1. The molecule has 0 spiro atoms. The highest BCUT2D eigenvalue weighted by molar-refractivity contribution is 7.92. The molecule has 0 aromatic heterocycles. The van der Waals surface area contributed by atoms with Gasteiger partial charge in [-0.25, -0.2) is 17.2 Å². The second-order valence-electron chi connectivity index (χ2n) is 4.74. The smallest absolute Gasteiger partial charge is 0.240 e. The average molecular weight is 325 g/mol. The first-order chi connectivity index (χ1) is 10.3. The summed E-state index contributed by atoms with van der Waals surface area (Å²) in [4.78, 5) is 11.8. The minimum absolute atomic E-state index is 0.00725. The number of nitrogens with one attached hydrogen (secondary N) is 1. The highest BCUT2D eigenvalue weighted by Gasteiger charge is 2.20. The van der Waals surface area contributed by atoms with E-state index in [1.165, 1.54) is 12.1 Å². The maximum atomic E-state index is 13.4. The van der Waals surface area contributed by atoms with E-state index >= 15 is 0 Å². The number of halogens is 2. The summed E-state index contributed by atoms with van der Waals surface area (Å²) < 4.78 is 50.3. The van der Waals surface area contributed by atoms with E-state index in [2.05, 4.69) is 5.32 Å². The standard InChI is InChI=1S/C15H13F2NO3S/c1-10-2-5-12(6-3-10)22(20,21)9-15(19)18-14-7-4-11(16)8-13(14)17/h2-8H,9H2,1H3,(H,18,19). The van der Waals surface area contributed by atoms with Gasteiger partial charge in [0.2, 0.25) is 5.91 Å². The molecule has 0 atom stereocenters. The number of hydrogen-bond donors (Lipinski definition) is 1. The summed E-state index contributed by atoms with van der Waals surface area (Å²) in [6, 6.07) is 8.63. The molecule has 2 aromatic rings. The number of benzene rings is 2. The second-order valence-corrected chi connectivity index (χ2v) is 6.73. The lowest BCUT2D eigenvalue weighted by Crippen LogP contribution is -2.23. The van der Waals surface area contributed by atoms with Crippen LogP contribution in [0.3, 0.4) is 0 Å². The third kappa shape index (κ3) is 3.88. The van der Waals surface area contributed by atoms with Crippen molar-refractivity contribution in [3.8, 4) is 0 Å². The van der Waals surface area contributed by atoms with Crippen LogP contribution in [-0.4, -0.2) is 20.1 Å². The van der Waals surface area contributed by atoms with Crippen LogP contribution < -0.4 is 5.32 Å². The predicted molar refractivity (Wildman–Crippen MR) is 78.2 cm³/mol. The highest BCUT2D eigenvalue weighted by Crippen LogP contribution is 2.16. The van der Waals surface area contributed by atoms with Gasteiger partial charge in [0.15, 0.2) is 9.84 Å². The molecule has 2 aromatic carbocycles. The Bertz CT molecular complexity index is 802. The number of carbonyl (C=O) groups is 1. The minimum Gasteiger partial charge on any atom is -0.323 e. The van der Waals surface area contributed by atoms with Crippen LogP contribution in [0.15, 0.2) is 47.4 Å². The van der Waals surface area contributed by atoms with Gasteiger partial charge in [0.1, 0.15) is 17.4 Å². The predicted octanol–water partition coefficient (Wildman–Crippen LogP) is 2.69. The second kappa shape index (κ2) is 6.23. The number of carbonyl (C=O) groups excluding carboxylic acids is 1. The first-order valence-electron chi connectivity index (χ1n) is 6.32. The maximum Gasteiger partial charge on any atom is 0.240 e. The zero-order valence-corrected chi connectivity index (χ0v) is 12.5.